The summed E-state index contributed by atoms with van der Waals surface area (Å²) in [5, 5.41) is 9.10. The Balaban J connectivity index is 2.00. The fourth-order valence-corrected chi connectivity index (χ4v) is 5.97. The van der Waals surface area contributed by atoms with Crippen molar-refractivity contribution in [3.63, 3.8) is 0 Å². The first-order chi connectivity index (χ1) is 9.92. The molecular weight excluding hydrogens is 380 g/mol. The van der Waals surface area contributed by atoms with Gasteiger partial charge in [-0.25, -0.2) is 13.1 Å². The molecule has 1 aromatic heterocycles. The van der Waals surface area contributed by atoms with Crippen LogP contribution in [0.25, 0.3) is 0 Å². The summed E-state index contributed by atoms with van der Waals surface area (Å²) in [6.07, 6.45) is 0. The van der Waals surface area contributed by atoms with E-state index in [2.05, 4.69) is 25.6 Å². The Kier molecular flexibility index (Phi) is 6.18. The van der Waals surface area contributed by atoms with Crippen molar-refractivity contribution in [2.75, 3.05) is 32.8 Å². The van der Waals surface area contributed by atoms with Crippen LogP contribution in [0.4, 0.5) is 0 Å². The van der Waals surface area contributed by atoms with Crippen LogP contribution in [-0.4, -0.2) is 57.3 Å². The summed E-state index contributed by atoms with van der Waals surface area (Å²) in [4.78, 5) is 2.98. The van der Waals surface area contributed by atoms with Crippen LogP contribution in [0.1, 0.15) is 11.8 Å². The van der Waals surface area contributed by atoms with E-state index in [4.69, 9.17) is 9.84 Å². The second-order valence-electron chi connectivity index (χ2n) is 4.94. The van der Waals surface area contributed by atoms with Gasteiger partial charge in [-0.05, 0) is 28.9 Å². The number of halogens is 1. The number of aliphatic hydroxyl groups is 1. The number of morpholine rings is 1. The van der Waals surface area contributed by atoms with E-state index in [0.717, 1.165) is 13.1 Å². The zero-order valence-electron chi connectivity index (χ0n) is 11.7. The minimum Gasteiger partial charge on any atom is -0.391 e. The number of nitrogens with one attached hydrogen (secondary N) is 1. The average molecular weight is 399 g/mol. The van der Waals surface area contributed by atoms with Crippen molar-refractivity contribution < 1.29 is 18.3 Å². The maximum Gasteiger partial charge on any atom is 0.242 e. The van der Waals surface area contributed by atoms with Gasteiger partial charge in [0, 0.05) is 30.6 Å². The maximum atomic E-state index is 12.4. The zero-order valence-corrected chi connectivity index (χ0v) is 14.9. The van der Waals surface area contributed by atoms with Gasteiger partial charge >= 0.3 is 0 Å². The molecule has 1 atom stereocenters. The number of ether oxygens (including phenoxy) is 1. The molecule has 0 radical (unpaired) electrons. The third kappa shape index (κ3) is 4.72. The summed E-state index contributed by atoms with van der Waals surface area (Å²) in [7, 11) is -3.59. The Bertz CT molecular complexity index is 570. The number of nitrogens with zero attached hydrogens (tertiary/aromatic N) is 1. The summed E-state index contributed by atoms with van der Waals surface area (Å²) < 4.78 is 33.2. The predicted molar refractivity (Wildman–Crippen MR) is 85.0 cm³/mol. The molecule has 2 N–H and O–H groups in total. The van der Waals surface area contributed by atoms with E-state index in [1.807, 2.05) is 6.92 Å². The Hall–Kier alpha value is -0.0300. The molecule has 2 rings (SSSR count). The molecule has 1 unspecified atom stereocenters. The highest BCUT2D eigenvalue weighted by Crippen LogP contribution is 2.31. The molecule has 0 spiro atoms. The third-order valence-electron chi connectivity index (χ3n) is 3.14. The van der Waals surface area contributed by atoms with E-state index in [-0.39, 0.29) is 17.5 Å². The molecule has 2 heterocycles. The highest BCUT2D eigenvalue weighted by molar-refractivity contribution is 9.11. The molecule has 0 saturated carbocycles. The van der Waals surface area contributed by atoms with Crippen LogP contribution in [0.5, 0.6) is 0 Å². The number of sulfonamides is 1. The van der Waals surface area contributed by atoms with Gasteiger partial charge in [-0.2, -0.15) is 0 Å². The molecule has 0 amide bonds. The topological polar surface area (TPSA) is 78.9 Å². The van der Waals surface area contributed by atoms with E-state index in [0.29, 0.717) is 28.4 Å². The molecule has 21 heavy (non-hydrogen) atoms. The second-order valence-corrected chi connectivity index (χ2v) is 9.08. The van der Waals surface area contributed by atoms with Crippen LogP contribution in [0.2, 0.25) is 0 Å². The molecular formula is C12H19BrN2O4S2. The Labute approximate surface area is 137 Å². The fourth-order valence-electron chi connectivity index (χ4n) is 2.20. The van der Waals surface area contributed by atoms with Crippen molar-refractivity contribution in [3.8, 4) is 0 Å². The summed E-state index contributed by atoms with van der Waals surface area (Å²) >= 11 is 4.47. The first-order valence-electron chi connectivity index (χ1n) is 6.64. The Morgan fingerprint density at radius 3 is 2.76 bits per heavy atom. The van der Waals surface area contributed by atoms with Crippen molar-refractivity contribution in [1.82, 2.24) is 9.62 Å². The number of hydrogen-bond donors (Lipinski definition) is 2. The number of hydrogen-bond acceptors (Lipinski definition) is 6. The van der Waals surface area contributed by atoms with Gasteiger partial charge in [0.2, 0.25) is 10.0 Å². The summed E-state index contributed by atoms with van der Waals surface area (Å²) in [5.74, 6) is 0. The first-order valence-corrected chi connectivity index (χ1v) is 9.73. The Morgan fingerprint density at radius 1 is 1.52 bits per heavy atom. The van der Waals surface area contributed by atoms with E-state index in [9.17, 15) is 8.42 Å². The van der Waals surface area contributed by atoms with Crippen LogP contribution in [-0.2, 0) is 21.4 Å². The molecule has 1 aliphatic rings. The highest BCUT2D eigenvalue weighted by atomic mass is 79.9. The van der Waals surface area contributed by atoms with Gasteiger partial charge in [0.05, 0.1) is 23.6 Å². The second kappa shape index (κ2) is 7.49. The van der Waals surface area contributed by atoms with E-state index >= 15 is 0 Å². The molecule has 9 heteroatoms. The Morgan fingerprint density at radius 2 is 2.19 bits per heavy atom. The van der Waals surface area contributed by atoms with Crippen molar-refractivity contribution in [1.29, 1.82) is 0 Å². The number of thiophene rings is 1. The summed E-state index contributed by atoms with van der Waals surface area (Å²) in [6, 6.07) is 1.30. The lowest BCUT2D eigenvalue weighted by Gasteiger charge is -2.29. The van der Waals surface area contributed by atoms with Crippen LogP contribution >= 0.6 is 27.3 Å². The predicted octanol–water partition coefficient (Wildman–Crippen LogP) is 1.00. The van der Waals surface area contributed by atoms with Crippen molar-refractivity contribution >= 4 is 37.3 Å². The molecule has 6 nitrogen and oxygen atoms in total. The normalized spacial score (nSPS) is 18.8. The van der Waals surface area contributed by atoms with Crippen molar-refractivity contribution in [3.05, 3.63) is 14.7 Å². The SMILES string of the molecule is CC(CN1CCOCC1)NS(=O)(=O)c1cc(CO)sc1Br. The largest absolute Gasteiger partial charge is 0.391 e. The molecule has 120 valence electrons. The average Bonchev–Trinajstić information content (AvgIpc) is 2.81. The molecule has 1 aromatic rings. The van der Waals surface area contributed by atoms with Crippen LogP contribution < -0.4 is 4.72 Å². The third-order valence-corrected chi connectivity index (χ3v) is 6.97. The number of aliphatic hydroxyl groups excluding tert-OH is 1. The monoisotopic (exact) mass is 398 g/mol. The van der Waals surface area contributed by atoms with E-state index in [1.54, 1.807) is 0 Å². The maximum absolute atomic E-state index is 12.4. The van der Waals surface area contributed by atoms with Gasteiger partial charge < -0.3 is 9.84 Å². The lowest BCUT2D eigenvalue weighted by Crippen LogP contribution is -2.45. The molecule has 1 aliphatic heterocycles. The first kappa shape index (κ1) is 17.3. The van der Waals surface area contributed by atoms with E-state index < -0.39 is 10.0 Å². The molecule has 1 fully saturated rings. The quantitative estimate of drug-likeness (QED) is 0.747. The number of rotatable bonds is 6. The van der Waals surface area contributed by atoms with Gasteiger partial charge in [0.15, 0.2) is 0 Å². The highest BCUT2D eigenvalue weighted by Gasteiger charge is 2.24. The lowest BCUT2D eigenvalue weighted by atomic mass is 10.3. The van der Waals surface area contributed by atoms with Gasteiger partial charge in [-0.15, -0.1) is 11.3 Å². The van der Waals surface area contributed by atoms with Crippen LogP contribution in [0.15, 0.2) is 14.7 Å². The molecule has 1 saturated heterocycles. The fraction of sp³-hybridized carbons (Fsp3) is 0.667. The van der Waals surface area contributed by atoms with Crippen molar-refractivity contribution in [2.24, 2.45) is 0 Å². The van der Waals surface area contributed by atoms with Gasteiger partial charge in [0.1, 0.15) is 4.90 Å². The zero-order chi connectivity index (χ0) is 15.5. The smallest absolute Gasteiger partial charge is 0.242 e. The minimum atomic E-state index is -3.59. The molecule has 0 aromatic carbocycles. The van der Waals surface area contributed by atoms with Gasteiger partial charge in [0.25, 0.3) is 0 Å². The minimum absolute atomic E-state index is 0.165. The molecule has 0 aliphatic carbocycles. The van der Waals surface area contributed by atoms with Crippen LogP contribution in [0, 0.1) is 0 Å². The summed E-state index contributed by atoms with van der Waals surface area (Å²) in [5.41, 5.74) is 0. The van der Waals surface area contributed by atoms with E-state index in [1.165, 1.54) is 17.4 Å². The summed E-state index contributed by atoms with van der Waals surface area (Å²) in [6.45, 7) is 5.36. The van der Waals surface area contributed by atoms with Crippen molar-refractivity contribution in [2.45, 2.75) is 24.5 Å². The van der Waals surface area contributed by atoms with Gasteiger partial charge in [-0.1, -0.05) is 0 Å². The lowest BCUT2D eigenvalue weighted by molar-refractivity contribution is 0.0354. The van der Waals surface area contributed by atoms with Gasteiger partial charge in [-0.3, -0.25) is 4.90 Å². The molecule has 0 bridgehead atoms. The standard InChI is InChI=1S/C12H19BrN2O4S2/c1-9(7-15-2-4-19-5-3-15)14-21(17,18)11-6-10(8-16)20-12(11)13/h6,9,14,16H,2-5,7-8H2,1H3. The van der Waals surface area contributed by atoms with Crippen LogP contribution in [0.3, 0.4) is 0 Å².